The fourth-order valence-electron chi connectivity index (χ4n) is 0.756. The Morgan fingerprint density at radius 1 is 1.50 bits per heavy atom. The Kier molecular flexibility index (Phi) is 3.32. The van der Waals surface area contributed by atoms with Gasteiger partial charge in [0.05, 0.1) is 0 Å². The highest BCUT2D eigenvalue weighted by atomic mass is 28.2. The maximum atomic E-state index is 8.86. The van der Waals surface area contributed by atoms with Crippen molar-refractivity contribution in [1.29, 1.82) is 0 Å². The first-order valence-corrected chi connectivity index (χ1v) is 4.57. The fraction of sp³-hybridized carbons (Fsp3) is 1.00. The molecule has 0 heterocycles. The topological polar surface area (TPSA) is 20.2 Å². The molecule has 0 aromatic rings. The predicted molar refractivity (Wildman–Crippen MR) is 39.7 cm³/mol. The second-order valence-electron chi connectivity index (χ2n) is 3.07. The van der Waals surface area contributed by atoms with Crippen molar-refractivity contribution in [2.75, 3.05) is 0 Å². The van der Waals surface area contributed by atoms with Crippen molar-refractivity contribution in [2.45, 2.75) is 38.7 Å². The van der Waals surface area contributed by atoms with Crippen molar-refractivity contribution in [2.24, 2.45) is 0 Å². The number of hydrogen-bond donors (Lipinski definition) is 1. The Balaban J connectivity index is 3.37. The summed E-state index contributed by atoms with van der Waals surface area (Å²) in [6.45, 7) is 6.44. The lowest BCUT2D eigenvalue weighted by Crippen LogP contribution is -2.11. The van der Waals surface area contributed by atoms with Gasteiger partial charge in [-0.2, -0.15) is 0 Å². The minimum absolute atomic E-state index is 0.286. The smallest absolute Gasteiger partial charge is 0.162 e. The molecule has 0 aliphatic heterocycles. The molecule has 0 fully saturated rings. The van der Waals surface area contributed by atoms with E-state index >= 15 is 0 Å². The normalized spacial score (nSPS) is 13.5. The first-order chi connectivity index (χ1) is 3.62. The van der Waals surface area contributed by atoms with Crippen LogP contribution < -0.4 is 0 Å². The van der Waals surface area contributed by atoms with E-state index in [9.17, 15) is 0 Å². The summed E-state index contributed by atoms with van der Waals surface area (Å²) in [4.78, 5) is 8.86. The Hall–Kier alpha value is 0.177. The van der Waals surface area contributed by atoms with E-state index in [-0.39, 0.29) is 5.04 Å². The molecule has 0 amide bonds. The summed E-state index contributed by atoms with van der Waals surface area (Å²) in [5, 5.41) is 0.286. The molecule has 0 spiro atoms. The number of hydrogen-bond acceptors (Lipinski definition) is 1. The van der Waals surface area contributed by atoms with Crippen LogP contribution in [-0.2, 0) is 0 Å². The number of rotatable bonds is 3. The molecule has 0 saturated carbocycles. The van der Waals surface area contributed by atoms with Gasteiger partial charge in [0.2, 0.25) is 0 Å². The van der Waals surface area contributed by atoms with Crippen LogP contribution in [0, 0.1) is 0 Å². The predicted octanol–water partition coefficient (Wildman–Crippen LogP) is 1.06. The molecule has 50 valence electrons. The molecule has 0 bridgehead atoms. The average Bonchev–Trinajstić information content (AvgIpc) is 1.67. The van der Waals surface area contributed by atoms with Crippen molar-refractivity contribution in [3.8, 4) is 0 Å². The maximum absolute atomic E-state index is 8.86. The molecule has 0 radical (unpaired) electrons. The molecule has 0 saturated heterocycles. The van der Waals surface area contributed by atoms with Crippen LogP contribution in [0.25, 0.3) is 0 Å². The molecule has 2 heteroatoms. The SMILES string of the molecule is CCCC(C)(C)[SiH2]O. The molecule has 0 rings (SSSR count). The molecular weight excluding hydrogens is 116 g/mol. The molecule has 0 unspecified atom stereocenters. The van der Waals surface area contributed by atoms with E-state index in [0.29, 0.717) is 0 Å². The van der Waals surface area contributed by atoms with Crippen molar-refractivity contribution < 1.29 is 4.80 Å². The van der Waals surface area contributed by atoms with Crippen molar-refractivity contribution >= 4 is 9.76 Å². The van der Waals surface area contributed by atoms with Gasteiger partial charge in [-0.1, -0.05) is 27.2 Å². The van der Waals surface area contributed by atoms with Gasteiger partial charge in [-0.05, 0) is 11.5 Å². The van der Waals surface area contributed by atoms with Gasteiger partial charge in [0, 0.05) is 0 Å². The van der Waals surface area contributed by atoms with Crippen LogP contribution in [-0.4, -0.2) is 14.6 Å². The highest BCUT2D eigenvalue weighted by Crippen LogP contribution is 2.27. The maximum Gasteiger partial charge on any atom is 0.162 e. The lowest BCUT2D eigenvalue weighted by molar-refractivity contribution is 0.497. The summed E-state index contributed by atoms with van der Waals surface area (Å²) in [5.74, 6) is 0. The second kappa shape index (κ2) is 3.25. The van der Waals surface area contributed by atoms with Gasteiger partial charge < -0.3 is 4.80 Å². The van der Waals surface area contributed by atoms with Crippen LogP contribution >= 0.6 is 0 Å². The first kappa shape index (κ1) is 8.18. The minimum Gasteiger partial charge on any atom is -0.438 e. The zero-order chi connectivity index (χ0) is 6.62. The van der Waals surface area contributed by atoms with Gasteiger partial charge >= 0.3 is 0 Å². The van der Waals surface area contributed by atoms with Crippen molar-refractivity contribution in [1.82, 2.24) is 0 Å². The lowest BCUT2D eigenvalue weighted by Gasteiger charge is -2.18. The Labute approximate surface area is 54.1 Å². The van der Waals surface area contributed by atoms with Crippen LogP contribution in [0.4, 0.5) is 0 Å². The molecule has 1 nitrogen and oxygen atoms in total. The summed E-state index contributed by atoms with van der Waals surface area (Å²) in [7, 11) is -0.769. The Morgan fingerprint density at radius 3 is 2.12 bits per heavy atom. The van der Waals surface area contributed by atoms with Crippen LogP contribution in [0.5, 0.6) is 0 Å². The molecule has 0 aliphatic rings. The monoisotopic (exact) mass is 132 g/mol. The van der Waals surface area contributed by atoms with Gasteiger partial charge in [-0.3, -0.25) is 0 Å². The molecule has 0 aromatic heterocycles. The van der Waals surface area contributed by atoms with Crippen molar-refractivity contribution in [3.05, 3.63) is 0 Å². The van der Waals surface area contributed by atoms with E-state index in [0.717, 1.165) is 0 Å². The summed E-state index contributed by atoms with van der Waals surface area (Å²) in [6.07, 6.45) is 2.37. The van der Waals surface area contributed by atoms with Crippen LogP contribution in [0.1, 0.15) is 33.6 Å². The molecule has 0 aromatic carbocycles. The molecule has 8 heavy (non-hydrogen) atoms. The van der Waals surface area contributed by atoms with E-state index < -0.39 is 9.76 Å². The zero-order valence-corrected chi connectivity index (χ0v) is 7.48. The van der Waals surface area contributed by atoms with Gasteiger partial charge in [0.15, 0.2) is 9.76 Å². The van der Waals surface area contributed by atoms with Crippen molar-refractivity contribution in [3.63, 3.8) is 0 Å². The van der Waals surface area contributed by atoms with E-state index in [1.54, 1.807) is 0 Å². The standard InChI is InChI=1S/C6H16OSi/c1-4-5-6(2,3)8-7/h7H,4-5,8H2,1-3H3. The summed E-state index contributed by atoms with van der Waals surface area (Å²) < 4.78 is 0. The van der Waals surface area contributed by atoms with Gasteiger partial charge in [0.1, 0.15) is 0 Å². The van der Waals surface area contributed by atoms with Gasteiger partial charge in [0.25, 0.3) is 0 Å². The molecule has 0 atom stereocenters. The lowest BCUT2D eigenvalue weighted by atomic mass is 10.1. The summed E-state index contributed by atoms with van der Waals surface area (Å²) in [5.41, 5.74) is 0. The highest BCUT2D eigenvalue weighted by Gasteiger charge is 2.14. The Morgan fingerprint density at radius 2 is 2.00 bits per heavy atom. The quantitative estimate of drug-likeness (QED) is 0.569. The fourth-order valence-corrected chi connectivity index (χ4v) is 1.27. The minimum atomic E-state index is -0.769. The third kappa shape index (κ3) is 3.21. The van der Waals surface area contributed by atoms with E-state index in [1.807, 2.05) is 0 Å². The second-order valence-corrected chi connectivity index (χ2v) is 5.30. The van der Waals surface area contributed by atoms with E-state index in [4.69, 9.17) is 4.80 Å². The third-order valence-corrected chi connectivity index (χ3v) is 2.56. The molecular formula is C6H16OSi. The van der Waals surface area contributed by atoms with Gasteiger partial charge in [-0.25, -0.2) is 0 Å². The van der Waals surface area contributed by atoms with E-state index in [2.05, 4.69) is 20.8 Å². The average molecular weight is 132 g/mol. The van der Waals surface area contributed by atoms with Gasteiger partial charge in [-0.15, -0.1) is 0 Å². The zero-order valence-electron chi connectivity index (χ0n) is 6.07. The Bertz CT molecular complexity index is 61.5. The highest BCUT2D eigenvalue weighted by molar-refractivity contribution is 6.30. The van der Waals surface area contributed by atoms with E-state index in [1.165, 1.54) is 12.8 Å². The van der Waals surface area contributed by atoms with Crippen LogP contribution in [0.3, 0.4) is 0 Å². The molecule has 1 N–H and O–H groups in total. The summed E-state index contributed by atoms with van der Waals surface area (Å²) in [6, 6.07) is 0. The first-order valence-electron chi connectivity index (χ1n) is 3.23. The largest absolute Gasteiger partial charge is 0.438 e. The third-order valence-electron chi connectivity index (χ3n) is 1.35. The molecule has 0 aliphatic carbocycles. The van der Waals surface area contributed by atoms with Crippen LogP contribution in [0.15, 0.2) is 0 Å². The van der Waals surface area contributed by atoms with Crippen LogP contribution in [0.2, 0.25) is 5.04 Å². The summed E-state index contributed by atoms with van der Waals surface area (Å²) >= 11 is 0.